The zero-order valence-corrected chi connectivity index (χ0v) is 17.6. The lowest BCUT2D eigenvalue weighted by Gasteiger charge is -2.34. The zero-order valence-electron chi connectivity index (χ0n) is 16.8. The predicted octanol–water partition coefficient (Wildman–Crippen LogP) is 2.04. The van der Waals surface area contributed by atoms with Crippen LogP contribution in [-0.2, 0) is 10.0 Å². The minimum Gasteiger partial charge on any atom is -0.496 e. The molecular weight excluding hydrogens is 378 g/mol. The van der Waals surface area contributed by atoms with Crippen LogP contribution in [0.25, 0.3) is 0 Å². The second-order valence-corrected chi connectivity index (χ2v) is 8.62. The van der Waals surface area contributed by atoms with E-state index in [1.54, 1.807) is 19.2 Å². The van der Waals surface area contributed by atoms with Gasteiger partial charge in [0.2, 0.25) is 10.0 Å². The van der Waals surface area contributed by atoms with Crippen LogP contribution in [0.15, 0.2) is 29.2 Å². The van der Waals surface area contributed by atoms with Crippen LogP contribution in [0.5, 0.6) is 5.75 Å². The van der Waals surface area contributed by atoms with Gasteiger partial charge >= 0.3 is 0 Å². The maximum absolute atomic E-state index is 13.2. The molecule has 1 fully saturated rings. The number of anilines is 2. The molecule has 8 nitrogen and oxygen atoms in total. The summed E-state index contributed by atoms with van der Waals surface area (Å²) in [6.45, 7) is 8.44. The van der Waals surface area contributed by atoms with Gasteiger partial charge in [-0.3, -0.25) is 0 Å². The van der Waals surface area contributed by atoms with Crippen LogP contribution in [0, 0.1) is 13.8 Å². The Morgan fingerprint density at radius 1 is 1.04 bits per heavy atom. The Labute approximate surface area is 166 Å². The van der Waals surface area contributed by atoms with Gasteiger partial charge in [0.15, 0.2) is 5.82 Å². The Morgan fingerprint density at radius 2 is 1.75 bits per heavy atom. The van der Waals surface area contributed by atoms with Crippen LogP contribution in [0.4, 0.5) is 11.6 Å². The molecule has 1 aromatic heterocycles. The topological polar surface area (TPSA) is 87.7 Å². The predicted molar refractivity (Wildman–Crippen MR) is 110 cm³/mol. The third kappa shape index (κ3) is 3.90. The SMILES string of the molecule is CCNc1ccc(N2CCN(S(=O)(=O)c3ccc(OC)c(C)c3C)CC2)nn1. The number of hydrogen-bond acceptors (Lipinski definition) is 7. The van der Waals surface area contributed by atoms with Gasteiger partial charge in [-0.2, -0.15) is 4.31 Å². The molecule has 3 rings (SSSR count). The highest BCUT2D eigenvalue weighted by atomic mass is 32.2. The molecule has 0 radical (unpaired) electrons. The summed E-state index contributed by atoms with van der Waals surface area (Å²) in [5.41, 5.74) is 1.57. The summed E-state index contributed by atoms with van der Waals surface area (Å²) in [4.78, 5) is 2.40. The van der Waals surface area contributed by atoms with Gasteiger partial charge in [-0.05, 0) is 56.2 Å². The molecule has 0 amide bonds. The third-order valence-electron chi connectivity index (χ3n) is 5.10. The van der Waals surface area contributed by atoms with E-state index in [9.17, 15) is 8.42 Å². The van der Waals surface area contributed by atoms with Crippen LogP contribution >= 0.6 is 0 Å². The number of nitrogens with zero attached hydrogens (tertiary/aromatic N) is 4. The van der Waals surface area contributed by atoms with Gasteiger partial charge in [0, 0.05) is 32.7 Å². The Balaban J connectivity index is 1.72. The minimum absolute atomic E-state index is 0.342. The van der Waals surface area contributed by atoms with E-state index < -0.39 is 10.0 Å². The summed E-state index contributed by atoms with van der Waals surface area (Å²) in [5, 5.41) is 11.5. The third-order valence-corrected chi connectivity index (χ3v) is 7.14. The molecule has 1 aromatic carbocycles. The number of rotatable bonds is 6. The van der Waals surface area contributed by atoms with Gasteiger partial charge in [0.1, 0.15) is 11.6 Å². The minimum atomic E-state index is -3.55. The van der Waals surface area contributed by atoms with Crippen LogP contribution in [-0.4, -0.2) is 62.8 Å². The lowest BCUT2D eigenvalue weighted by atomic mass is 10.1. The van der Waals surface area contributed by atoms with Crippen molar-refractivity contribution in [3.63, 3.8) is 0 Å². The molecule has 28 heavy (non-hydrogen) atoms. The van der Waals surface area contributed by atoms with E-state index in [1.165, 1.54) is 4.31 Å². The van der Waals surface area contributed by atoms with Crippen molar-refractivity contribution in [2.75, 3.05) is 50.1 Å². The Kier molecular flexibility index (Phi) is 6.04. The van der Waals surface area contributed by atoms with E-state index in [-0.39, 0.29) is 0 Å². The smallest absolute Gasteiger partial charge is 0.243 e. The van der Waals surface area contributed by atoms with Gasteiger partial charge in [-0.15, -0.1) is 10.2 Å². The summed E-state index contributed by atoms with van der Waals surface area (Å²) < 4.78 is 33.1. The van der Waals surface area contributed by atoms with Crippen molar-refractivity contribution < 1.29 is 13.2 Å². The molecule has 0 aliphatic carbocycles. The standard InChI is InChI=1S/C19H27N5O3S/c1-5-20-18-8-9-19(22-21-18)23-10-12-24(13-11-23)28(25,26)17-7-6-16(27-4)14(2)15(17)3/h6-9H,5,10-13H2,1-4H3,(H,20,21). The second-order valence-electron chi connectivity index (χ2n) is 6.71. The number of sulfonamides is 1. The molecule has 9 heteroatoms. The first-order valence-corrected chi connectivity index (χ1v) is 10.8. The number of piperazine rings is 1. The average molecular weight is 406 g/mol. The van der Waals surface area contributed by atoms with Gasteiger partial charge in [0.05, 0.1) is 12.0 Å². The van der Waals surface area contributed by atoms with E-state index in [0.717, 1.165) is 29.3 Å². The first kappa shape index (κ1) is 20.3. The van der Waals surface area contributed by atoms with E-state index in [2.05, 4.69) is 20.4 Å². The highest BCUT2D eigenvalue weighted by Gasteiger charge is 2.30. The van der Waals surface area contributed by atoms with E-state index in [4.69, 9.17) is 4.74 Å². The summed E-state index contributed by atoms with van der Waals surface area (Å²) in [5.74, 6) is 2.19. The van der Waals surface area contributed by atoms with E-state index >= 15 is 0 Å². The van der Waals surface area contributed by atoms with Crippen LogP contribution in [0.3, 0.4) is 0 Å². The Morgan fingerprint density at radius 3 is 2.32 bits per heavy atom. The Bertz CT molecular complexity index is 923. The van der Waals surface area contributed by atoms with Gasteiger partial charge < -0.3 is 15.0 Å². The highest BCUT2D eigenvalue weighted by Crippen LogP contribution is 2.29. The molecule has 0 spiro atoms. The van der Waals surface area contributed by atoms with Crippen LogP contribution in [0.1, 0.15) is 18.1 Å². The molecule has 0 bridgehead atoms. The molecule has 1 aliphatic rings. The number of ether oxygens (including phenoxy) is 1. The molecule has 2 heterocycles. The van der Waals surface area contributed by atoms with Crippen molar-refractivity contribution >= 4 is 21.7 Å². The lowest BCUT2D eigenvalue weighted by Crippen LogP contribution is -2.49. The fraction of sp³-hybridized carbons (Fsp3) is 0.474. The molecule has 1 N–H and O–H groups in total. The quantitative estimate of drug-likeness (QED) is 0.787. The number of nitrogens with one attached hydrogen (secondary N) is 1. The summed E-state index contributed by atoms with van der Waals surface area (Å²) in [6, 6.07) is 7.14. The van der Waals surface area contributed by atoms with E-state index in [1.807, 2.05) is 32.9 Å². The summed E-state index contributed by atoms with van der Waals surface area (Å²) in [6.07, 6.45) is 0. The highest BCUT2D eigenvalue weighted by molar-refractivity contribution is 7.89. The van der Waals surface area contributed by atoms with Crippen molar-refractivity contribution in [3.05, 3.63) is 35.4 Å². The summed E-state index contributed by atoms with van der Waals surface area (Å²) in [7, 11) is -1.97. The molecule has 1 aliphatic heterocycles. The van der Waals surface area contributed by atoms with E-state index in [0.29, 0.717) is 36.8 Å². The first-order valence-electron chi connectivity index (χ1n) is 9.35. The maximum Gasteiger partial charge on any atom is 0.243 e. The fourth-order valence-corrected chi connectivity index (χ4v) is 5.04. The molecule has 1 saturated heterocycles. The fourth-order valence-electron chi connectivity index (χ4n) is 3.34. The van der Waals surface area contributed by atoms with Crippen molar-refractivity contribution in [2.24, 2.45) is 0 Å². The van der Waals surface area contributed by atoms with Crippen molar-refractivity contribution in [1.29, 1.82) is 0 Å². The van der Waals surface area contributed by atoms with Gasteiger partial charge in [-0.1, -0.05) is 0 Å². The van der Waals surface area contributed by atoms with Crippen molar-refractivity contribution in [2.45, 2.75) is 25.7 Å². The molecule has 0 atom stereocenters. The molecule has 2 aromatic rings. The normalized spacial score (nSPS) is 15.5. The largest absolute Gasteiger partial charge is 0.496 e. The lowest BCUT2D eigenvalue weighted by molar-refractivity contribution is 0.382. The van der Waals surface area contributed by atoms with Gasteiger partial charge in [0.25, 0.3) is 0 Å². The maximum atomic E-state index is 13.2. The van der Waals surface area contributed by atoms with Crippen molar-refractivity contribution in [1.82, 2.24) is 14.5 Å². The zero-order chi connectivity index (χ0) is 20.3. The molecule has 0 saturated carbocycles. The second kappa shape index (κ2) is 8.32. The van der Waals surface area contributed by atoms with Gasteiger partial charge in [-0.25, -0.2) is 8.42 Å². The average Bonchev–Trinajstić information content (AvgIpc) is 2.71. The molecule has 152 valence electrons. The monoisotopic (exact) mass is 405 g/mol. The van der Waals surface area contributed by atoms with Crippen molar-refractivity contribution in [3.8, 4) is 5.75 Å². The van der Waals surface area contributed by atoms with Crippen LogP contribution < -0.4 is 15.0 Å². The summed E-state index contributed by atoms with van der Waals surface area (Å²) >= 11 is 0. The number of methoxy groups -OCH3 is 1. The number of benzene rings is 1. The molecule has 0 unspecified atom stereocenters. The number of hydrogen-bond donors (Lipinski definition) is 1. The number of aromatic nitrogens is 2. The Hall–Kier alpha value is -2.39. The first-order chi connectivity index (χ1) is 13.4. The molecular formula is C19H27N5O3S. The van der Waals surface area contributed by atoms with Crippen LogP contribution in [0.2, 0.25) is 0 Å².